The summed E-state index contributed by atoms with van der Waals surface area (Å²) in [6.45, 7) is 0. The minimum absolute atomic E-state index is 0.276. The van der Waals surface area contributed by atoms with Crippen LogP contribution < -0.4 is 0 Å². The quantitative estimate of drug-likeness (QED) is 0.766. The first-order valence-electron chi connectivity index (χ1n) is 7.04. The van der Waals surface area contributed by atoms with Gasteiger partial charge < -0.3 is 9.52 Å². The molecule has 1 aliphatic rings. The van der Waals surface area contributed by atoms with Gasteiger partial charge >= 0.3 is 0 Å². The topological polar surface area (TPSA) is 33.4 Å². The minimum Gasteiger partial charge on any atom is -0.458 e. The largest absolute Gasteiger partial charge is 0.458 e. The third kappa shape index (κ3) is 1.93. The SMILES string of the molecule is OC(c1cc2ccccc2o1)C1CC1c1ccccc1. The van der Waals surface area contributed by atoms with Crippen LogP contribution in [0.25, 0.3) is 11.0 Å². The van der Waals surface area contributed by atoms with Crippen molar-refractivity contribution in [1.29, 1.82) is 0 Å². The first-order valence-corrected chi connectivity index (χ1v) is 7.04. The predicted molar refractivity (Wildman–Crippen MR) is 78.5 cm³/mol. The number of para-hydroxylation sites is 1. The van der Waals surface area contributed by atoms with E-state index in [-0.39, 0.29) is 5.92 Å². The minimum atomic E-state index is -0.507. The molecule has 1 heterocycles. The molecule has 0 amide bonds. The van der Waals surface area contributed by atoms with Gasteiger partial charge in [-0.1, -0.05) is 48.5 Å². The van der Waals surface area contributed by atoms with Crippen molar-refractivity contribution in [3.8, 4) is 0 Å². The molecule has 1 aliphatic carbocycles. The summed E-state index contributed by atoms with van der Waals surface area (Å²) >= 11 is 0. The highest BCUT2D eigenvalue weighted by molar-refractivity contribution is 5.77. The Labute approximate surface area is 117 Å². The molecule has 1 saturated carbocycles. The van der Waals surface area contributed by atoms with Gasteiger partial charge in [-0.3, -0.25) is 0 Å². The lowest BCUT2D eigenvalue weighted by Crippen LogP contribution is -1.99. The van der Waals surface area contributed by atoms with E-state index < -0.39 is 6.10 Å². The summed E-state index contributed by atoms with van der Waals surface area (Å²) < 4.78 is 5.77. The number of furan rings is 1. The summed E-state index contributed by atoms with van der Waals surface area (Å²) in [5.41, 5.74) is 2.16. The highest BCUT2D eigenvalue weighted by atomic mass is 16.4. The zero-order valence-corrected chi connectivity index (χ0v) is 11.1. The van der Waals surface area contributed by atoms with E-state index in [1.165, 1.54) is 5.56 Å². The molecule has 2 heteroatoms. The van der Waals surface area contributed by atoms with E-state index in [2.05, 4.69) is 24.3 Å². The Kier molecular flexibility index (Phi) is 2.64. The van der Waals surface area contributed by atoms with Crippen LogP contribution in [-0.4, -0.2) is 5.11 Å². The smallest absolute Gasteiger partial charge is 0.134 e. The predicted octanol–water partition coefficient (Wildman–Crippen LogP) is 4.27. The van der Waals surface area contributed by atoms with Crippen LogP contribution >= 0.6 is 0 Å². The Morgan fingerprint density at radius 1 is 1.00 bits per heavy atom. The Morgan fingerprint density at radius 2 is 1.75 bits per heavy atom. The normalized spacial score (nSPS) is 22.9. The zero-order chi connectivity index (χ0) is 13.5. The fourth-order valence-corrected chi connectivity index (χ4v) is 3.01. The van der Waals surface area contributed by atoms with Crippen LogP contribution in [0.15, 0.2) is 65.1 Å². The molecule has 0 radical (unpaired) electrons. The van der Waals surface area contributed by atoms with E-state index >= 15 is 0 Å². The van der Waals surface area contributed by atoms with Gasteiger partial charge in [-0.15, -0.1) is 0 Å². The molecule has 1 fully saturated rings. The molecule has 0 bridgehead atoms. The van der Waals surface area contributed by atoms with Crippen molar-refractivity contribution in [1.82, 2.24) is 0 Å². The first kappa shape index (κ1) is 11.7. The number of rotatable bonds is 3. The van der Waals surface area contributed by atoms with Gasteiger partial charge in [-0.25, -0.2) is 0 Å². The molecule has 4 rings (SSSR count). The number of fused-ring (bicyclic) bond motifs is 1. The molecule has 3 atom stereocenters. The second kappa shape index (κ2) is 4.50. The summed E-state index contributed by atoms with van der Waals surface area (Å²) in [5.74, 6) is 1.42. The lowest BCUT2D eigenvalue weighted by molar-refractivity contribution is 0.127. The fraction of sp³-hybridized carbons (Fsp3) is 0.222. The first-order chi connectivity index (χ1) is 9.83. The fourth-order valence-electron chi connectivity index (χ4n) is 3.01. The van der Waals surface area contributed by atoms with Gasteiger partial charge in [-0.2, -0.15) is 0 Å². The van der Waals surface area contributed by atoms with Crippen molar-refractivity contribution in [2.75, 3.05) is 0 Å². The molecule has 2 aromatic carbocycles. The van der Waals surface area contributed by atoms with Gasteiger partial charge in [0.2, 0.25) is 0 Å². The summed E-state index contributed by atoms with van der Waals surface area (Å²) in [4.78, 5) is 0. The van der Waals surface area contributed by atoms with E-state index in [9.17, 15) is 5.11 Å². The molecular formula is C18H16O2. The highest BCUT2D eigenvalue weighted by Gasteiger charge is 2.44. The van der Waals surface area contributed by atoms with Gasteiger partial charge in [0.1, 0.15) is 17.4 Å². The second-order valence-corrected chi connectivity index (χ2v) is 5.55. The van der Waals surface area contributed by atoms with Crippen LogP contribution in [0.2, 0.25) is 0 Å². The van der Waals surface area contributed by atoms with Crippen LogP contribution in [-0.2, 0) is 0 Å². The maximum atomic E-state index is 10.5. The van der Waals surface area contributed by atoms with Crippen LogP contribution in [0.5, 0.6) is 0 Å². The molecule has 3 aromatic rings. The van der Waals surface area contributed by atoms with Crippen LogP contribution in [0.1, 0.15) is 29.8 Å². The van der Waals surface area contributed by atoms with Crippen molar-refractivity contribution in [2.45, 2.75) is 18.4 Å². The Bertz CT molecular complexity index is 696. The van der Waals surface area contributed by atoms with Crippen molar-refractivity contribution < 1.29 is 9.52 Å². The Balaban J connectivity index is 1.58. The van der Waals surface area contributed by atoms with Gasteiger partial charge in [0.05, 0.1) is 0 Å². The van der Waals surface area contributed by atoms with Crippen LogP contribution in [0.3, 0.4) is 0 Å². The summed E-state index contributed by atoms with van der Waals surface area (Å²) in [7, 11) is 0. The number of benzene rings is 2. The van der Waals surface area contributed by atoms with Crippen LogP contribution in [0.4, 0.5) is 0 Å². The molecule has 100 valence electrons. The molecule has 0 aliphatic heterocycles. The van der Waals surface area contributed by atoms with Crippen molar-refractivity contribution in [3.63, 3.8) is 0 Å². The molecule has 0 saturated heterocycles. The molecular weight excluding hydrogens is 248 g/mol. The van der Waals surface area contributed by atoms with E-state index in [1.54, 1.807) is 0 Å². The average molecular weight is 264 g/mol. The van der Waals surface area contributed by atoms with E-state index in [0.29, 0.717) is 11.7 Å². The number of hydrogen-bond donors (Lipinski definition) is 1. The van der Waals surface area contributed by atoms with E-state index in [1.807, 2.05) is 36.4 Å². The Hall–Kier alpha value is -2.06. The van der Waals surface area contributed by atoms with Crippen molar-refractivity contribution in [2.24, 2.45) is 5.92 Å². The zero-order valence-electron chi connectivity index (χ0n) is 11.1. The number of aliphatic hydroxyl groups is 1. The van der Waals surface area contributed by atoms with Gasteiger partial charge in [0.25, 0.3) is 0 Å². The number of hydrogen-bond acceptors (Lipinski definition) is 2. The molecule has 2 nitrogen and oxygen atoms in total. The van der Waals surface area contributed by atoms with Crippen LogP contribution in [0, 0.1) is 5.92 Å². The summed E-state index contributed by atoms with van der Waals surface area (Å²) in [5, 5.41) is 11.6. The standard InChI is InChI=1S/C18H16O2/c19-18(15-11-14(15)12-6-2-1-3-7-12)17-10-13-8-4-5-9-16(13)20-17/h1-10,14-15,18-19H,11H2. The van der Waals surface area contributed by atoms with E-state index in [4.69, 9.17) is 4.42 Å². The molecule has 1 aromatic heterocycles. The van der Waals surface area contributed by atoms with Gasteiger partial charge in [0.15, 0.2) is 0 Å². The van der Waals surface area contributed by atoms with Gasteiger partial charge in [-0.05, 0) is 36.0 Å². The summed E-state index contributed by atoms with van der Waals surface area (Å²) in [6, 6.07) is 20.2. The third-order valence-electron chi connectivity index (χ3n) is 4.21. The maximum Gasteiger partial charge on any atom is 0.134 e. The maximum absolute atomic E-state index is 10.5. The van der Waals surface area contributed by atoms with Gasteiger partial charge in [0, 0.05) is 5.39 Å². The molecule has 3 unspecified atom stereocenters. The van der Waals surface area contributed by atoms with Crippen molar-refractivity contribution >= 4 is 11.0 Å². The van der Waals surface area contributed by atoms with Crippen molar-refractivity contribution in [3.05, 3.63) is 72.0 Å². The monoisotopic (exact) mass is 264 g/mol. The highest BCUT2D eigenvalue weighted by Crippen LogP contribution is 2.54. The third-order valence-corrected chi connectivity index (χ3v) is 4.21. The number of aliphatic hydroxyl groups excluding tert-OH is 1. The summed E-state index contributed by atoms with van der Waals surface area (Å²) in [6.07, 6.45) is 0.523. The average Bonchev–Trinajstić information content (AvgIpc) is 3.18. The van der Waals surface area contributed by atoms with E-state index in [0.717, 1.165) is 17.4 Å². The second-order valence-electron chi connectivity index (χ2n) is 5.55. The molecule has 20 heavy (non-hydrogen) atoms. The molecule has 0 spiro atoms. The lowest BCUT2D eigenvalue weighted by Gasteiger charge is -2.07. The molecule has 1 N–H and O–H groups in total. The lowest BCUT2D eigenvalue weighted by atomic mass is 10.1. The Morgan fingerprint density at radius 3 is 2.55 bits per heavy atom.